The Kier molecular flexibility index (Phi) is 6.67. The van der Waals surface area contributed by atoms with Crippen LogP contribution >= 0.6 is 0 Å². The van der Waals surface area contributed by atoms with Crippen molar-refractivity contribution in [3.8, 4) is 0 Å². The highest BCUT2D eigenvalue weighted by molar-refractivity contribution is 5.83. The highest BCUT2D eigenvalue weighted by Gasteiger charge is 2.29. The molecule has 1 saturated heterocycles. The maximum atomic E-state index is 12.9. The van der Waals surface area contributed by atoms with Gasteiger partial charge >= 0.3 is 0 Å². The SMILES string of the molecule is CC(C(=O)N1CCC(c2nccn2CCCN(C)C)CC1)c1ccccc1. The lowest BCUT2D eigenvalue weighted by Crippen LogP contribution is -2.40. The van der Waals surface area contributed by atoms with E-state index < -0.39 is 0 Å². The summed E-state index contributed by atoms with van der Waals surface area (Å²) in [5.74, 6) is 1.82. The highest BCUT2D eigenvalue weighted by atomic mass is 16.2. The summed E-state index contributed by atoms with van der Waals surface area (Å²) >= 11 is 0. The molecule has 1 aromatic carbocycles. The normalized spacial score (nSPS) is 16.7. The Morgan fingerprint density at radius 2 is 1.93 bits per heavy atom. The number of piperidine rings is 1. The Morgan fingerprint density at radius 3 is 2.59 bits per heavy atom. The van der Waals surface area contributed by atoms with Crippen molar-refractivity contribution in [2.24, 2.45) is 0 Å². The van der Waals surface area contributed by atoms with Gasteiger partial charge in [0.2, 0.25) is 5.91 Å². The molecule has 1 aromatic heterocycles. The monoisotopic (exact) mass is 368 g/mol. The lowest BCUT2D eigenvalue weighted by atomic mass is 9.93. The smallest absolute Gasteiger partial charge is 0.229 e. The molecule has 1 unspecified atom stereocenters. The zero-order chi connectivity index (χ0) is 19.2. The third-order valence-corrected chi connectivity index (χ3v) is 5.59. The first-order chi connectivity index (χ1) is 13.1. The molecule has 2 aromatic rings. The van der Waals surface area contributed by atoms with Gasteiger partial charge in [-0.1, -0.05) is 30.3 Å². The van der Waals surface area contributed by atoms with Crippen LogP contribution in [0.4, 0.5) is 0 Å². The van der Waals surface area contributed by atoms with Gasteiger partial charge in [0.1, 0.15) is 5.82 Å². The zero-order valence-electron chi connectivity index (χ0n) is 16.8. The van der Waals surface area contributed by atoms with E-state index >= 15 is 0 Å². The van der Waals surface area contributed by atoms with Crippen molar-refractivity contribution in [3.63, 3.8) is 0 Å². The second-order valence-corrected chi connectivity index (χ2v) is 7.87. The fourth-order valence-electron chi connectivity index (χ4n) is 3.94. The van der Waals surface area contributed by atoms with Crippen LogP contribution in [0.25, 0.3) is 0 Å². The molecule has 1 aliphatic rings. The van der Waals surface area contributed by atoms with E-state index in [0.717, 1.165) is 51.0 Å². The minimum atomic E-state index is -0.0734. The minimum absolute atomic E-state index is 0.0734. The Bertz CT molecular complexity index is 717. The van der Waals surface area contributed by atoms with Crippen LogP contribution in [0.3, 0.4) is 0 Å². The van der Waals surface area contributed by atoms with Crippen molar-refractivity contribution in [1.29, 1.82) is 0 Å². The van der Waals surface area contributed by atoms with Gasteiger partial charge in [-0.2, -0.15) is 0 Å². The molecule has 1 aliphatic heterocycles. The predicted octanol–water partition coefficient (Wildman–Crippen LogP) is 3.34. The van der Waals surface area contributed by atoms with E-state index in [1.807, 2.05) is 48.4 Å². The van der Waals surface area contributed by atoms with E-state index in [2.05, 4.69) is 34.7 Å². The van der Waals surface area contributed by atoms with Crippen molar-refractivity contribution < 1.29 is 4.79 Å². The van der Waals surface area contributed by atoms with Gasteiger partial charge in [0, 0.05) is 37.9 Å². The molecule has 1 fully saturated rings. The third-order valence-electron chi connectivity index (χ3n) is 5.59. The number of hydrogen-bond acceptors (Lipinski definition) is 3. The quantitative estimate of drug-likeness (QED) is 0.753. The van der Waals surface area contributed by atoms with Crippen molar-refractivity contribution in [2.45, 2.75) is 44.6 Å². The molecule has 0 aliphatic carbocycles. The second kappa shape index (κ2) is 9.18. The summed E-state index contributed by atoms with van der Waals surface area (Å²) in [6.07, 6.45) is 7.14. The molecule has 5 heteroatoms. The van der Waals surface area contributed by atoms with Crippen molar-refractivity contribution >= 4 is 5.91 Å². The second-order valence-electron chi connectivity index (χ2n) is 7.87. The fourth-order valence-corrected chi connectivity index (χ4v) is 3.94. The first-order valence-corrected chi connectivity index (χ1v) is 10.1. The molecule has 3 rings (SSSR count). The van der Waals surface area contributed by atoms with Crippen molar-refractivity contribution in [1.82, 2.24) is 19.4 Å². The molecular weight excluding hydrogens is 336 g/mol. The number of benzene rings is 1. The summed E-state index contributed by atoms with van der Waals surface area (Å²) in [5, 5.41) is 0. The Morgan fingerprint density at radius 1 is 1.22 bits per heavy atom. The first-order valence-electron chi connectivity index (χ1n) is 10.1. The standard InChI is InChI=1S/C22H32N4O/c1-18(19-8-5-4-6-9-19)22(27)26-15-10-20(11-16-26)21-23-12-17-25(21)14-7-13-24(2)3/h4-6,8-9,12,17-18,20H,7,10-11,13-16H2,1-3H3. The molecule has 0 radical (unpaired) electrons. The Hall–Kier alpha value is -2.14. The van der Waals surface area contributed by atoms with Crippen molar-refractivity contribution in [2.75, 3.05) is 33.7 Å². The van der Waals surface area contributed by atoms with Gasteiger partial charge in [-0.05, 0) is 52.4 Å². The molecule has 2 heterocycles. The summed E-state index contributed by atoms with van der Waals surface area (Å²) < 4.78 is 2.30. The van der Waals surface area contributed by atoms with Crippen LogP contribution in [-0.2, 0) is 11.3 Å². The molecule has 27 heavy (non-hydrogen) atoms. The van der Waals surface area contributed by atoms with Gasteiger partial charge < -0.3 is 14.4 Å². The summed E-state index contributed by atoms with van der Waals surface area (Å²) in [4.78, 5) is 21.8. The average molecular weight is 369 g/mol. The zero-order valence-corrected chi connectivity index (χ0v) is 16.8. The summed E-state index contributed by atoms with van der Waals surface area (Å²) in [6.45, 7) is 5.76. The first kappa shape index (κ1) is 19.6. The van der Waals surface area contributed by atoms with E-state index in [9.17, 15) is 4.79 Å². The fraction of sp³-hybridized carbons (Fsp3) is 0.545. The molecule has 0 saturated carbocycles. The lowest BCUT2D eigenvalue weighted by Gasteiger charge is -2.33. The van der Waals surface area contributed by atoms with E-state index in [-0.39, 0.29) is 11.8 Å². The number of aryl methyl sites for hydroxylation is 1. The van der Waals surface area contributed by atoms with Crippen LogP contribution in [0.2, 0.25) is 0 Å². The van der Waals surface area contributed by atoms with Gasteiger partial charge in [0.25, 0.3) is 0 Å². The molecule has 0 N–H and O–H groups in total. The Labute approximate surface area is 163 Å². The summed E-state index contributed by atoms with van der Waals surface area (Å²) in [7, 11) is 4.22. The minimum Gasteiger partial charge on any atom is -0.342 e. The lowest BCUT2D eigenvalue weighted by molar-refractivity contribution is -0.133. The van der Waals surface area contributed by atoms with E-state index in [1.54, 1.807) is 0 Å². The maximum absolute atomic E-state index is 12.9. The van der Waals surface area contributed by atoms with E-state index in [4.69, 9.17) is 0 Å². The number of aromatic nitrogens is 2. The molecule has 0 spiro atoms. The summed E-state index contributed by atoms with van der Waals surface area (Å²) in [5.41, 5.74) is 1.10. The summed E-state index contributed by atoms with van der Waals surface area (Å²) in [6, 6.07) is 10.1. The maximum Gasteiger partial charge on any atom is 0.229 e. The average Bonchev–Trinajstić information content (AvgIpc) is 3.16. The van der Waals surface area contributed by atoms with Gasteiger partial charge in [-0.25, -0.2) is 4.98 Å². The predicted molar refractivity (Wildman–Crippen MR) is 109 cm³/mol. The number of amides is 1. The molecule has 1 atom stereocenters. The number of carbonyl (C=O) groups is 1. The van der Waals surface area contributed by atoms with E-state index in [1.165, 1.54) is 5.82 Å². The number of rotatable bonds is 7. The van der Waals surface area contributed by atoms with Crippen LogP contribution in [-0.4, -0.2) is 59.0 Å². The molecule has 146 valence electrons. The van der Waals surface area contributed by atoms with Crippen molar-refractivity contribution in [3.05, 3.63) is 54.1 Å². The molecular formula is C22H32N4O. The van der Waals surface area contributed by atoms with Crippen LogP contribution in [0.15, 0.2) is 42.7 Å². The largest absolute Gasteiger partial charge is 0.342 e. The van der Waals surface area contributed by atoms with Crippen LogP contribution in [0, 0.1) is 0 Å². The van der Waals surface area contributed by atoms with Gasteiger partial charge in [-0.3, -0.25) is 4.79 Å². The van der Waals surface area contributed by atoms with Crippen LogP contribution in [0.5, 0.6) is 0 Å². The van der Waals surface area contributed by atoms with E-state index in [0.29, 0.717) is 5.92 Å². The molecule has 1 amide bonds. The van der Waals surface area contributed by atoms with Gasteiger partial charge in [0.15, 0.2) is 0 Å². The van der Waals surface area contributed by atoms with Gasteiger partial charge in [-0.15, -0.1) is 0 Å². The topological polar surface area (TPSA) is 41.4 Å². The van der Waals surface area contributed by atoms with Crippen LogP contribution in [0.1, 0.15) is 49.4 Å². The highest BCUT2D eigenvalue weighted by Crippen LogP contribution is 2.29. The number of imidazole rings is 1. The number of nitrogens with zero attached hydrogens (tertiary/aromatic N) is 4. The molecule has 5 nitrogen and oxygen atoms in total. The number of likely N-dealkylation sites (tertiary alicyclic amines) is 1. The number of hydrogen-bond donors (Lipinski definition) is 0. The number of carbonyl (C=O) groups excluding carboxylic acids is 1. The molecule has 0 bridgehead atoms. The van der Waals surface area contributed by atoms with Crippen LogP contribution < -0.4 is 0 Å². The Balaban J connectivity index is 1.55. The van der Waals surface area contributed by atoms with Gasteiger partial charge in [0.05, 0.1) is 5.92 Å². The third kappa shape index (κ3) is 4.98.